The van der Waals surface area contributed by atoms with Crippen molar-refractivity contribution in [1.82, 2.24) is 4.90 Å². The van der Waals surface area contributed by atoms with Crippen LogP contribution in [0.2, 0.25) is 5.02 Å². The fraction of sp³-hybridized carbons (Fsp3) is 0.500. The number of halogens is 1. The first kappa shape index (κ1) is 20.4. The molecule has 2 aromatic rings. The molecule has 0 N–H and O–H groups in total. The second kappa shape index (κ2) is 11.5. The van der Waals surface area contributed by atoms with Crippen LogP contribution in [0.3, 0.4) is 0 Å². The molecule has 0 aromatic heterocycles. The number of likely N-dealkylation sites (tertiary alicyclic amines) is 1. The van der Waals surface area contributed by atoms with Crippen LogP contribution < -0.4 is 0 Å². The second-order valence-electron chi connectivity index (χ2n) is 7.54. The summed E-state index contributed by atoms with van der Waals surface area (Å²) >= 11 is 6.07. The van der Waals surface area contributed by atoms with Gasteiger partial charge in [0.15, 0.2) is 0 Å². The van der Waals surface area contributed by atoms with Crippen molar-refractivity contribution in [1.29, 1.82) is 0 Å². The van der Waals surface area contributed by atoms with Crippen molar-refractivity contribution in [2.24, 2.45) is 0 Å². The maximum Gasteiger partial charge on any atom is 0.0825 e. The lowest BCUT2D eigenvalue weighted by atomic mass is 10.0. The van der Waals surface area contributed by atoms with Crippen molar-refractivity contribution in [3.05, 3.63) is 70.7 Å². The molecule has 0 aliphatic carbocycles. The minimum absolute atomic E-state index is 0.160. The van der Waals surface area contributed by atoms with Gasteiger partial charge in [-0.3, -0.25) is 0 Å². The van der Waals surface area contributed by atoms with Crippen LogP contribution >= 0.6 is 11.6 Å². The van der Waals surface area contributed by atoms with Gasteiger partial charge in [0.25, 0.3) is 0 Å². The molecule has 0 radical (unpaired) electrons. The van der Waals surface area contributed by atoms with E-state index in [2.05, 4.69) is 47.4 Å². The van der Waals surface area contributed by atoms with Crippen molar-refractivity contribution in [3.8, 4) is 0 Å². The Morgan fingerprint density at radius 1 is 0.889 bits per heavy atom. The summed E-state index contributed by atoms with van der Waals surface area (Å²) < 4.78 is 6.33. The molecule has 3 heteroatoms. The Morgan fingerprint density at radius 2 is 1.63 bits per heavy atom. The summed E-state index contributed by atoms with van der Waals surface area (Å²) in [7, 11) is 0. The molecule has 146 valence electrons. The van der Waals surface area contributed by atoms with Crippen LogP contribution in [0, 0.1) is 0 Å². The molecule has 1 unspecified atom stereocenters. The monoisotopic (exact) mass is 385 g/mol. The van der Waals surface area contributed by atoms with Gasteiger partial charge in [0.2, 0.25) is 0 Å². The molecule has 1 atom stereocenters. The van der Waals surface area contributed by atoms with Gasteiger partial charge in [0.1, 0.15) is 0 Å². The number of ether oxygens (including phenoxy) is 1. The molecule has 0 amide bonds. The van der Waals surface area contributed by atoms with Crippen LogP contribution in [0.25, 0.3) is 0 Å². The van der Waals surface area contributed by atoms with Crippen LogP contribution in [-0.2, 0) is 11.2 Å². The van der Waals surface area contributed by atoms with Crippen LogP contribution in [0.4, 0.5) is 0 Å². The first-order chi connectivity index (χ1) is 13.3. The first-order valence-corrected chi connectivity index (χ1v) is 10.8. The van der Waals surface area contributed by atoms with Gasteiger partial charge in [-0.2, -0.15) is 0 Å². The summed E-state index contributed by atoms with van der Waals surface area (Å²) in [5.41, 5.74) is 2.64. The molecular weight excluding hydrogens is 354 g/mol. The van der Waals surface area contributed by atoms with Crippen LogP contribution in [0.5, 0.6) is 0 Å². The zero-order chi connectivity index (χ0) is 18.7. The highest BCUT2D eigenvalue weighted by Gasteiger charge is 2.13. The number of benzene rings is 2. The molecular formula is C24H32ClNO. The van der Waals surface area contributed by atoms with Crippen molar-refractivity contribution < 1.29 is 4.74 Å². The number of hydrogen-bond donors (Lipinski definition) is 0. The van der Waals surface area contributed by atoms with Crippen LogP contribution in [0.15, 0.2) is 54.6 Å². The van der Waals surface area contributed by atoms with Gasteiger partial charge in [-0.05, 0) is 74.9 Å². The summed E-state index contributed by atoms with van der Waals surface area (Å²) in [6.07, 6.45) is 8.65. The molecule has 1 saturated heterocycles. The Labute approximate surface area is 169 Å². The van der Waals surface area contributed by atoms with Gasteiger partial charge in [-0.1, -0.05) is 60.5 Å². The number of hydrogen-bond acceptors (Lipinski definition) is 2. The molecule has 1 fully saturated rings. The highest BCUT2D eigenvalue weighted by Crippen LogP contribution is 2.25. The Balaban J connectivity index is 1.47. The summed E-state index contributed by atoms with van der Waals surface area (Å²) in [5, 5.41) is 0.784. The number of piperidine rings is 1. The molecule has 2 aromatic carbocycles. The van der Waals surface area contributed by atoms with Gasteiger partial charge in [0, 0.05) is 18.2 Å². The minimum atomic E-state index is 0.160. The van der Waals surface area contributed by atoms with Crippen molar-refractivity contribution in [3.63, 3.8) is 0 Å². The summed E-state index contributed by atoms with van der Waals surface area (Å²) in [6, 6.07) is 18.9. The Bertz CT molecular complexity index is 637. The quantitative estimate of drug-likeness (QED) is 0.445. The lowest BCUT2D eigenvalue weighted by Crippen LogP contribution is -2.31. The first-order valence-electron chi connectivity index (χ1n) is 10.4. The van der Waals surface area contributed by atoms with Gasteiger partial charge in [-0.25, -0.2) is 0 Å². The van der Waals surface area contributed by atoms with E-state index in [9.17, 15) is 0 Å². The second-order valence-corrected chi connectivity index (χ2v) is 7.98. The number of nitrogens with zero attached hydrogens (tertiary/aromatic N) is 1. The van der Waals surface area contributed by atoms with Gasteiger partial charge in [0.05, 0.1) is 6.10 Å². The minimum Gasteiger partial charge on any atom is -0.373 e. The summed E-state index contributed by atoms with van der Waals surface area (Å²) in [4.78, 5) is 2.58. The smallest absolute Gasteiger partial charge is 0.0825 e. The molecule has 0 spiro atoms. The normalized spacial score (nSPS) is 16.3. The number of aryl methyl sites for hydroxylation is 1. The Hall–Kier alpha value is -1.35. The SMILES string of the molecule is Clc1ccc(C(CCCc2ccccc2)OCCCN2CCCCC2)cc1. The number of rotatable bonds is 10. The van der Waals surface area contributed by atoms with Crippen molar-refractivity contribution >= 4 is 11.6 Å². The van der Waals surface area contributed by atoms with Gasteiger partial charge in [-0.15, -0.1) is 0 Å². The lowest BCUT2D eigenvalue weighted by Gasteiger charge is -2.26. The average molecular weight is 386 g/mol. The molecule has 1 heterocycles. The predicted octanol–water partition coefficient (Wildman–Crippen LogP) is 6.30. The van der Waals surface area contributed by atoms with E-state index in [1.165, 1.54) is 43.5 Å². The largest absolute Gasteiger partial charge is 0.373 e. The highest BCUT2D eigenvalue weighted by molar-refractivity contribution is 6.30. The molecule has 1 aliphatic rings. The molecule has 3 rings (SSSR count). The maximum atomic E-state index is 6.33. The fourth-order valence-electron chi connectivity index (χ4n) is 3.86. The third-order valence-corrected chi connectivity index (χ3v) is 5.65. The highest BCUT2D eigenvalue weighted by atomic mass is 35.5. The van der Waals surface area contributed by atoms with E-state index in [1.54, 1.807) is 0 Å². The van der Waals surface area contributed by atoms with E-state index < -0.39 is 0 Å². The molecule has 27 heavy (non-hydrogen) atoms. The van der Waals surface area contributed by atoms with Crippen molar-refractivity contribution in [2.45, 2.75) is 51.0 Å². The average Bonchev–Trinajstić information content (AvgIpc) is 2.72. The fourth-order valence-corrected chi connectivity index (χ4v) is 3.98. The van der Waals surface area contributed by atoms with Crippen LogP contribution in [0.1, 0.15) is 55.8 Å². The third-order valence-electron chi connectivity index (χ3n) is 5.40. The Kier molecular flexibility index (Phi) is 8.67. The molecule has 1 aliphatic heterocycles. The summed E-state index contributed by atoms with van der Waals surface area (Å²) in [5.74, 6) is 0. The topological polar surface area (TPSA) is 12.5 Å². The van der Waals surface area contributed by atoms with E-state index >= 15 is 0 Å². The predicted molar refractivity (Wildman–Crippen MR) is 114 cm³/mol. The molecule has 2 nitrogen and oxygen atoms in total. The van der Waals surface area contributed by atoms with Gasteiger partial charge >= 0.3 is 0 Å². The van der Waals surface area contributed by atoms with E-state index in [-0.39, 0.29) is 6.10 Å². The molecule has 0 bridgehead atoms. The third kappa shape index (κ3) is 7.29. The Morgan fingerprint density at radius 3 is 2.37 bits per heavy atom. The summed E-state index contributed by atoms with van der Waals surface area (Å²) in [6.45, 7) is 4.52. The van der Waals surface area contributed by atoms with Gasteiger partial charge < -0.3 is 9.64 Å². The maximum absolute atomic E-state index is 6.33. The lowest BCUT2D eigenvalue weighted by molar-refractivity contribution is 0.0382. The van der Waals surface area contributed by atoms with Crippen molar-refractivity contribution in [2.75, 3.05) is 26.2 Å². The van der Waals surface area contributed by atoms with E-state index in [0.29, 0.717) is 0 Å². The van der Waals surface area contributed by atoms with Crippen LogP contribution in [-0.4, -0.2) is 31.1 Å². The zero-order valence-corrected chi connectivity index (χ0v) is 17.0. The zero-order valence-electron chi connectivity index (χ0n) is 16.3. The standard InChI is InChI=1S/C24H32ClNO/c25-23-15-13-22(14-16-23)24(12-7-11-21-9-3-1-4-10-21)27-20-8-19-26-17-5-2-6-18-26/h1,3-4,9-10,13-16,24H,2,5-8,11-12,17-20H2. The van der Waals surface area contributed by atoms with E-state index in [1.807, 2.05) is 12.1 Å². The molecule has 0 saturated carbocycles. The van der Waals surface area contributed by atoms with E-state index in [0.717, 1.165) is 43.9 Å². The van der Waals surface area contributed by atoms with E-state index in [4.69, 9.17) is 16.3 Å².